The van der Waals surface area contributed by atoms with Gasteiger partial charge in [-0.25, -0.2) is 19.0 Å². The predicted octanol–water partition coefficient (Wildman–Crippen LogP) is 2.23. The average molecular weight is 385 g/mol. The van der Waals surface area contributed by atoms with Crippen LogP contribution >= 0.6 is 0 Å². The standard InChI is InChI=1S/C19H16FN3O5/c1-27-18(25)11-5-12(19(26)28-2)7-14(6-11)22-17(24)8-15-10-23-9-13(20)3-4-16(23)21-15/h3-7,9-10H,8H2,1-2H3,(H,22,24). The Labute approximate surface area is 158 Å². The summed E-state index contributed by atoms with van der Waals surface area (Å²) in [7, 11) is 2.41. The normalized spacial score (nSPS) is 10.5. The minimum Gasteiger partial charge on any atom is -0.465 e. The van der Waals surface area contributed by atoms with Gasteiger partial charge in [-0.05, 0) is 30.3 Å². The summed E-state index contributed by atoms with van der Waals surface area (Å²) in [6.07, 6.45) is 2.72. The number of methoxy groups -OCH3 is 2. The number of carbonyl (C=O) groups excluding carboxylic acids is 3. The summed E-state index contributed by atoms with van der Waals surface area (Å²) in [5.74, 6) is -2.18. The molecule has 1 amide bonds. The molecule has 0 aliphatic heterocycles. The molecule has 1 N–H and O–H groups in total. The summed E-state index contributed by atoms with van der Waals surface area (Å²) in [4.78, 5) is 40.2. The number of halogens is 1. The topological polar surface area (TPSA) is 99.0 Å². The summed E-state index contributed by atoms with van der Waals surface area (Å²) >= 11 is 0. The van der Waals surface area contributed by atoms with Crippen LogP contribution in [0.5, 0.6) is 0 Å². The second-order valence-electron chi connectivity index (χ2n) is 5.85. The van der Waals surface area contributed by atoms with E-state index in [1.165, 1.54) is 55.1 Å². The summed E-state index contributed by atoms with van der Waals surface area (Å²) in [5, 5.41) is 2.61. The van der Waals surface area contributed by atoms with Gasteiger partial charge in [-0.15, -0.1) is 0 Å². The Morgan fingerprint density at radius 3 is 2.29 bits per heavy atom. The van der Waals surface area contributed by atoms with Crippen molar-refractivity contribution in [2.24, 2.45) is 0 Å². The summed E-state index contributed by atoms with van der Waals surface area (Å²) in [6.45, 7) is 0. The maximum atomic E-state index is 13.3. The Morgan fingerprint density at radius 1 is 1.04 bits per heavy atom. The minimum absolute atomic E-state index is 0.0840. The molecule has 2 heterocycles. The van der Waals surface area contributed by atoms with Crippen molar-refractivity contribution in [3.63, 3.8) is 0 Å². The number of amides is 1. The van der Waals surface area contributed by atoms with Gasteiger partial charge in [0.25, 0.3) is 0 Å². The molecule has 0 fully saturated rings. The van der Waals surface area contributed by atoms with E-state index in [0.29, 0.717) is 11.3 Å². The zero-order chi connectivity index (χ0) is 20.3. The van der Waals surface area contributed by atoms with Crippen LogP contribution < -0.4 is 5.32 Å². The fourth-order valence-corrected chi connectivity index (χ4v) is 2.64. The van der Waals surface area contributed by atoms with Crippen molar-refractivity contribution in [2.75, 3.05) is 19.5 Å². The van der Waals surface area contributed by atoms with Crippen LogP contribution in [0, 0.1) is 5.82 Å². The van der Waals surface area contributed by atoms with Crippen LogP contribution in [0.4, 0.5) is 10.1 Å². The number of imidazole rings is 1. The van der Waals surface area contributed by atoms with Crippen LogP contribution in [-0.2, 0) is 20.7 Å². The van der Waals surface area contributed by atoms with E-state index in [1.807, 2.05) is 0 Å². The van der Waals surface area contributed by atoms with Gasteiger partial charge in [0.2, 0.25) is 5.91 Å². The quantitative estimate of drug-likeness (QED) is 0.676. The third kappa shape index (κ3) is 4.14. The van der Waals surface area contributed by atoms with Crippen molar-refractivity contribution in [1.29, 1.82) is 0 Å². The molecule has 8 nitrogen and oxygen atoms in total. The largest absolute Gasteiger partial charge is 0.465 e. The summed E-state index contributed by atoms with van der Waals surface area (Å²) in [5.41, 5.74) is 1.33. The first-order valence-electron chi connectivity index (χ1n) is 8.14. The Hall–Kier alpha value is -3.75. The first-order chi connectivity index (χ1) is 13.4. The first-order valence-corrected chi connectivity index (χ1v) is 8.14. The molecule has 0 aliphatic rings. The van der Waals surface area contributed by atoms with Gasteiger partial charge < -0.3 is 19.2 Å². The van der Waals surface area contributed by atoms with E-state index in [-0.39, 0.29) is 23.2 Å². The second-order valence-corrected chi connectivity index (χ2v) is 5.85. The molecule has 0 saturated heterocycles. The van der Waals surface area contributed by atoms with Crippen LogP contribution in [0.25, 0.3) is 5.65 Å². The van der Waals surface area contributed by atoms with E-state index in [4.69, 9.17) is 0 Å². The monoisotopic (exact) mass is 385 g/mol. The molecule has 1 aromatic carbocycles. The third-order valence-electron chi connectivity index (χ3n) is 3.87. The lowest BCUT2D eigenvalue weighted by atomic mass is 10.1. The van der Waals surface area contributed by atoms with Crippen molar-refractivity contribution in [2.45, 2.75) is 6.42 Å². The predicted molar refractivity (Wildman–Crippen MR) is 96.6 cm³/mol. The van der Waals surface area contributed by atoms with Crippen LogP contribution in [0.15, 0.2) is 42.7 Å². The molecule has 0 saturated carbocycles. The number of esters is 2. The van der Waals surface area contributed by atoms with E-state index in [2.05, 4.69) is 19.8 Å². The molecule has 0 radical (unpaired) electrons. The van der Waals surface area contributed by atoms with E-state index >= 15 is 0 Å². The van der Waals surface area contributed by atoms with Gasteiger partial charge in [0.1, 0.15) is 11.5 Å². The molecule has 0 spiro atoms. The van der Waals surface area contributed by atoms with E-state index < -0.39 is 23.7 Å². The number of benzene rings is 1. The van der Waals surface area contributed by atoms with Crippen molar-refractivity contribution >= 4 is 29.2 Å². The number of hydrogen-bond acceptors (Lipinski definition) is 6. The molecule has 0 aliphatic carbocycles. The molecule has 9 heteroatoms. The van der Waals surface area contributed by atoms with E-state index in [9.17, 15) is 18.8 Å². The van der Waals surface area contributed by atoms with Crippen molar-refractivity contribution in [3.8, 4) is 0 Å². The number of carbonyl (C=O) groups is 3. The number of nitrogens with zero attached hydrogens (tertiary/aromatic N) is 2. The molecule has 0 unspecified atom stereocenters. The van der Waals surface area contributed by atoms with Crippen molar-refractivity contribution in [3.05, 3.63) is 65.4 Å². The Morgan fingerprint density at radius 2 is 1.68 bits per heavy atom. The number of fused-ring (bicyclic) bond motifs is 1. The van der Waals surface area contributed by atoms with Gasteiger partial charge in [-0.1, -0.05) is 0 Å². The van der Waals surface area contributed by atoms with Crippen LogP contribution in [0.1, 0.15) is 26.4 Å². The van der Waals surface area contributed by atoms with Crippen LogP contribution in [0.3, 0.4) is 0 Å². The maximum absolute atomic E-state index is 13.3. The van der Waals surface area contributed by atoms with Gasteiger partial charge >= 0.3 is 11.9 Å². The minimum atomic E-state index is -0.663. The highest BCUT2D eigenvalue weighted by atomic mass is 19.1. The molecule has 0 atom stereocenters. The molecule has 2 aromatic heterocycles. The van der Waals surface area contributed by atoms with Gasteiger partial charge in [-0.3, -0.25) is 4.79 Å². The first kappa shape index (κ1) is 19.0. The summed E-state index contributed by atoms with van der Waals surface area (Å²) in [6, 6.07) is 6.85. The Kier molecular flexibility index (Phi) is 5.35. The summed E-state index contributed by atoms with van der Waals surface area (Å²) < 4.78 is 24.0. The molecule has 0 bridgehead atoms. The second kappa shape index (κ2) is 7.87. The molecular weight excluding hydrogens is 369 g/mol. The van der Waals surface area contributed by atoms with E-state index in [0.717, 1.165) is 0 Å². The van der Waals surface area contributed by atoms with Gasteiger partial charge in [0, 0.05) is 18.1 Å². The number of ether oxygens (including phenoxy) is 2. The van der Waals surface area contributed by atoms with Gasteiger partial charge in [0.15, 0.2) is 0 Å². The zero-order valence-corrected chi connectivity index (χ0v) is 15.1. The fraction of sp³-hybridized carbons (Fsp3) is 0.158. The number of anilines is 1. The van der Waals surface area contributed by atoms with Gasteiger partial charge in [-0.2, -0.15) is 0 Å². The van der Waals surface area contributed by atoms with Crippen LogP contribution in [0.2, 0.25) is 0 Å². The lowest BCUT2D eigenvalue weighted by Crippen LogP contribution is -2.16. The van der Waals surface area contributed by atoms with Crippen molar-refractivity contribution in [1.82, 2.24) is 9.38 Å². The maximum Gasteiger partial charge on any atom is 0.337 e. The highest BCUT2D eigenvalue weighted by molar-refractivity contribution is 5.99. The molecular formula is C19H16FN3O5. The lowest BCUT2D eigenvalue weighted by molar-refractivity contribution is -0.115. The fourth-order valence-electron chi connectivity index (χ4n) is 2.64. The van der Waals surface area contributed by atoms with Gasteiger partial charge in [0.05, 0.1) is 37.5 Å². The third-order valence-corrected chi connectivity index (χ3v) is 3.87. The highest BCUT2D eigenvalue weighted by Gasteiger charge is 2.16. The number of pyridine rings is 1. The highest BCUT2D eigenvalue weighted by Crippen LogP contribution is 2.18. The molecule has 144 valence electrons. The number of nitrogens with one attached hydrogen (secondary N) is 1. The van der Waals surface area contributed by atoms with E-state index in [1.54, 1.807) is 6.20 Å². The molecule has 28 heavy (non-hydrogen) atoms. The average Bonchev–Trinajstić information content (AvgIpc) is 3.07. The SMILES string of the molecule is COC(=O)c1cc(NC(=O)Cc2cn3cc(F)ccc3n2)cc(C(=O)OC)c1. The Bertz CT molecular complexity index is 1040. The molecule has 3 aromatic rings. The number of aromatic nitrogens is 2. The number of hydrogen-bond donors (Lipinski definition) is 1. The smallest absolute Gasteiger partial charge is 0.337 e. The Balaban J connectivity index is 1.81. The van der Waals surface area contributed by atoms with Crippen molar-refractivity contribution < 1.29 is 28.2 Å². The zero-order valence-electron chi connectivity index (χ0n) is 15.1. The lowest BCUT2D eigenvalue weighted by Gasteiger charge is -2.09. The molecule has 3 rings (SSSR count). The van der Waals surface area contributed by atoms with Crippen LogP contribution in [-0.4, -0.2) is 41.5 Å². The number of rotatable bonds is 5.